The van der Waals surface area contributed by atoms with Crippen LogP contribution in [0.5, 0.6) is 0 Å². The first kappa shape index (κ1) is 16.2. The fraction of sp³-hybridized carbons (Fsp3) is 0.438. The molecule has 0 aliphatic carbocycles. The van der Waals surface area contributed by atoms with Crippen LogP contribution in [0.25, 0.3) is 11.4 Å². The van der Waals surface area contributed by atoms with Gasteiger partial charge in [0.25, 0.3) is 0 Å². The van der Waals surface area contributed by atoms with Crippen molar-refractivity contribution in [3.8, 4) is 11.4 Å². The van der Waals surface area contributed by atoms with E-state index < -0.39 is 0 Å². The molecule has 2 aromatic rings. The van der Waals surface area contributed by atoms with Crippen LogP contribution in [0.3, 0.4) is 0 Å². The number of aryl methyl sites for hydroxylation is 2. The van der Waals surface area contributed by atoms with E-state index in [0.717, 1.165) is 11.1 Å². The molecule has 0 bridgehead atoms. The van der Waals surface area contributed by atoms with E-state index in [9.17, 15) is 4.79 Å². The minimum absolute atomic E-state index is 0.0111. The van der Waals surface area contributed by atoms with Gasteiger partial charge in [-0.25, -0.2) is 0 Å². The largest absolute Gasteiger partial charge is 0.383 e. The SMILES string of the molecule is COC[C@H](C)NC(=O)CCc1nc(-c2cccc(C)c2)no1. The van der Waals surface area contributed by atoms with Crippen molar-refractivity contribution in [2.24, 2.45) is 0 Å². The Bertz CT molecular complexity index is 625. The molecule has 1 aromatic carbocycles. The molecule has 1 heterocycles. The molecule has 0 aliphatic heterocycles. The number of benzene rings is 1. The van der Waals surface area contributed by atoms with Gasteiger partial charge in [-0.05, 0) is 19.9 Å². The van der Waals surface area contributed by atoms with Gasteiger partial charge in [0.15, 0.2) is 0 Å². The van der Waals surface area contributed by atoms with Crippen molar-refractivity contribution in [3.05, 3.63) is 35.7 Å². The van der Waals surface area contributed by atoms with Crippen LogP contribution in [0, 0.1) is 6.92 Å². The molecule has 118 valence electrons. The number of methoxy groups -OCH3 is 1. The molecule has 0 radical (unpaired) electrons. The van der Waals surface area contributed by atoms with E-state index >= 15 is 0 Å². The van der Waals surface area contributed by atoms with Gasteiger partial charge in [-0.2, -0.15) is 4.98 Å². The number of hydrogen-bond donors (Lipinski definition) is 1. The third kappa shape index (κ3) is 4.66. The lowest BCUT2D eigenvalue weighted by molar-refractivity contribution is -0.122. The Morgan fingerprint density at radius 3 is 3.00 bits per heavy atom. The third-order valence-corrected chi connectivity index (χ3v) is 3.13. The van der Waals surface area contributed by atoms with Crippen LogP contribution in [0.15, 0.2) is 28.8 Å². The molecular weight excluding hydrogens is 282 g/mol. The van der Waals surface area contributed by atoms with Gasteiger partial charge >= 0.3 is 0 Å². The lowest BCUT2D eigenvalue weighted by Gasteiger charge is -2.11. The monoisotopic (exact) mass is 303 g/mol. The summed E-state index contributed by atoms with van der Waals surface area (Å²) in [6.45, 7) is 4.39. The van der Waals surface area contributed by atoms with Crippen molar-refractivity contribution in [2.75, 3.05) is 13.7 Å². The molecule has 0 saturated carbocycles. The molecule has 1 atom stereocenters. The number of nitrogens with one attached hydrogen (secondary N) is 1. The number of amides is 1. The summed E-state index contributed by atoms with van der Waals surface area (Å²) >= 11 is 0. The van der Waals surface area contributed by atoms with Crippen LogP contribution in [0.1, 0.15) is 24.8 Å². The van der Waals surface area contributed by atoms with Crippen molar-refractivity contribution in [1.29, 1.82) is 0 Å². The highest BCUT2D eigenvalue weighted by Crippen LogP contribution is 2.17. The summed E-state index contributed by atoms with van der Waals surface area (Å²) in [6, 6.07) is 7.87. The van der Waals surface area contributed by atoms with Gasteiger partial charge in [-0.3, -0.25) is 4.79 Å². The van der Waals surface area contributed by atoms with Crippen LogP contribution in [0.2, 0.25) is 0 Å². The lowest BCUT2D eigenvalue weighted by Crippen LogP contribution is -2.35. The van der Waals surface area contributed by atoms with Crippen molar-refractivity contribution in [3.63, 3.8) is 0 Å². The van der Waals surface area contributed by atoms with Gasteiger partial charge in [0.05, 0.1) is 6.61 Å². The Labute approximate surface area is 129 Å². The minimum atomic E-state index is -0.0557. The Kier molecular flexibility index (Phi) is 5.66. The third-order valence-electron chi connectivity index (χ3n) is 3.13. The second kappa shape index (κ2) is 7.70. The molecule has 6 heteroatoms. The molecule has 0 fully saturated rings. The molecule has 0 unspecified atom stereocenters. The minimum Gasteiger partial charge on any atom is -0.383 e. The van der Waals surface area contributed by atoms with Crippen LogP contribution < -0.4 is 5.32 Å². The zero-order chi connectivity index (χ0) is 15.9. The first-order chi connectivity index (χ1) is 10.6. The predicted molar refractivity (Wildman–Crippen MR) is 82.3 cm³/mol. The highest BCUT2D eigenvalue weighted by atomic mass is 16.5. The van der Waals surface area contributed by atoms with Crippen molar-refractivity contribution in [1.82, 2.24) is 15.5 Å². The van der Waals surface area contributed by atoms with Crippen LogP contribution in [-0.4, -0.2) is 35.8 Å². The molecule has 2 rings (SSSR count). The Hall–Kier alpha value is -2.21. The second-order valence-corrected chi connectivity index (χ2v) is 5.31. The van der Waals surface area contributed by atoms with Gasteiger partial charge in [0, 0.05) is 31.6 Å². The van der Waals surface area contributed by atoms with Crippen LogP contribution >= 0.6 is 0 Å². The molecule has 22 heavy (non-hydrogen) atoms. The number of hydrogen-bond acceptors (Lipinski definition) is 5. The maximum Gasteiger partial charge on any atom is 0.227 e. The maximum absolute atomic E-state index is 11.8. The van der Waals surface area contributed by atoms with Gasteiger partial charge in [0.1, 0.15) is 0 Å². The Balaban J connectivity index is 1.88. The fourth-order valence-corrected chi connectivity index (χ4v) is 2.12. The molecule has 6 nitrogen and oxygen atoms in total. The Morgan fingerprint density at radius 1 is 1.45 bits per heavy atom. The average molecular weight is 303 g/mol. The highest BCUT2D eigenvalue weighted by Gasteiger charge is 2.12. The normalized spacial score (nSPS) is 12.1. The molecular formula is C16H21N3O3. The van der Waals surface area contributed by atoms with Crippen LogP contribution in [-0.2, 0) is 16.0 Å². The zero-order valence-corrected chi connectivity index (χ0v) is 13.1. The standard InChI is InChI=1S/C16H21N3O3/c1-11-5-4-6-13(9-11)16-18-15(22-19-16)8-7-14(20)17-12(2)10-21-3/h4-6,9,12H,7-8,10H2,1-3H3,(H,17,20)/t12-/m0/s1. The Morgan fingerprint density at radius 2 is 2.27 bits per heavy atom. The average Bonchev–Trinajstić information content (AvgIpc) is 2.94. The van der Waals surface area contributed by atoms with E-state index in [0.29, 0.717) is 31.2 Å². The second-order valence-electron chi connectivity index (χ2n) is 5.31. The molecule has 0 aliphatic rings. The molecule has 1 N–H and O–H groups in total. The summed E-state index contributed by atoms with van der Waals surface area (Å²) in [5.74, 6) is 0.956. The number of aromatic nitrogens is 2. The zero-order valence-electron chi connectivity index (χ0n) is 13.1. The van der Waals surface area contributed by atoms with E-state index in [2.05, 4.69) is 15.5 Å². The predicted octanol–water partition coefficient (Wildman–Crippen LogP) is 2.13. The van der Waals surface area contributed by atoms with Gasteiger partial charge in [-0.15, -0.1) is 0 Å². The van der Waals surface area contributed by atoms with Gasteiger partial charge in [0.2, 0.25) is 17.6 Å². The van der Waals surface area contributed by atoms with E-state index in [1.807, 2.05) is 38.1 Å². The summed E-state index contributed by atoms with van der Waals surface area (Å²) in [6.07, 6.45) is 0.730. The number of nitrogens with zero attached hydrogens (tertiary/aromatic N) is 2. The number of ether oxygens (including phenoxy) is 1. The van der Waals surface area contributed by atoms with E-state index in [4.69, 9.17) is 9.26 Å². The summed E-state index contributed by atoms with van der Waals surface area (Å²) in [4.78, 5) is 16.1. The molecule has 1 amide bonds. The van der Waals surface area contributed by atoms with Crippen molar-refractivity contribution >= 4 is 5.91 Å². The van der Waals surface area contributed by atoms with Gasteiger partial charge < -0.3 is 14.6 Å². The van der Waals surface area contributed by atoms with Gasteiger partial charge in [-0.1, -0.05) is 28.9 Å². The molecule has 0 saturated heterocycles. The molecule has 0 spiro atoms. The smallest absolute Gasteiger partial charge is 0.227 e. The quantitative estimate of drug-likeness (QED) is 0.848. The number of carbonyl (C=O) groups is 1. The summed E-state index contributed by atoms with van der Waals surface area (Å²) in [7, 11) is 1.61. The maximum atomic E-state index is 11.8. The van der Waals surface area contributed by atoms with E-state index in [1.54, 1.807) is 7.11 Å². The summed E-state index contributed by atoms with van der Waals surface area (Å²) < 4.78 is 10.2. The fourth-order valence-electron chi connectivity index (χ4n) is 2.12. The van der Waals surface area contributed by atoms with Crippen molar-refractivity contribution in [2.45, 2.75) is 32.7 Å². The first-order valence-corrected chi connectivity index (χ1v) is 7.26. The molecule has 1 aromatic heterocycles. The van der Waals surface area contributed by atoms with E-state index in [1.165, 1.54) is 0 Å². The summed E-state index contributed by atoms with van der Waals surface area (Å²) in [5, 5.41) is 6.80. The number of carbonyl (C=O) groups excluding carboxylic acids is 1. The number of rotatable bonds is 7. The van der Waals surface area contributed by atoms with Crippen molar-refractivity contribution < 1.29 is 14.1 Å². The first-order valence-electron chi connectivity index (χ1n) is 7.26. The lowest BCUT2D eigenvalue weighted by atomic mass is 10.1. The van der Waals surface area contributed by atoms with E-state index in [-0.39, 0.29) is 11.9 Å². The topological polar surface area (TPSA) is 77.2 Å². The highest BCUT2D eigenvalue weighted by molar-refractivity contribution is 5.76. The summed E-state index contributed by atoms with van der Waals surface area (Å²) in [5.41, 5.74) is 2.04. The van der Waals surface area contributed by atoms with Crippen LogP contribution in [0.4, 0.5) is 0 Å².